The monoisotopic (exact) mass is 395 g/mol. The zero-order valence-electron chi connectivity index (χ0n) is 16.4. The molecule has 1 fully saturated rings. The minimum Gasteiger partial charge on any atom is -0.379 e. The Labute approximate surface area is 167 Å². The van der Waals surface area contributed by atoms with E-state index in [4.69, 9.17) is 4.74 Å². The first-order chi connectivity index (χ1) is 14.1. The average molecular weight is 395 g/mol. The van der Waals surface area contributed by atoms with Crippen LogP contribution in [0.25, 0.3) is 16.6 Å². The number of carbonyl (C=O) groups is 1. The Morgan fingerprint density at radius 3 is 2.59 bits per heavy atom. The first-order valence-corrected chi connectivity index (χ1v) is 9.82. The van der Waals surface area contributed by atoms with Crippen LogP contribution >= 0.6 is 0 Å². The van der Waals surface area contributed by atoms with Crippen LogP contribution in [0.1, 0.15) is 35.6 Å². The molecule has 0 spiro atoms. The zero-order chi connectivity index (χ0) is 20.5. The van der Waals surface area contributed by atoms with E-state index in [2.05, 4.69) is 9.88 Å². The van der Waals surface area contributed by atoms with Crippen molar-refractivity contribution in [3.8, 4) is 5.69 Å². The van der Waals surface area contributed by atoms with Gasteiger partial charge in [0.15, 0.2) is 5.82 Å². The second kappa shape index (κ2) is 7.85. The molecule has 29 heavy (non-hydrogen) atoms. The summed E-state index contributed by atoms with van der Waals surface area (Å²) in [5, 5.41) is 0.453. The summed E-state index contributed by atoms with van der Waals surface area (Å²) in [5.41, 5.74) is 1.72. The molecule has 0 saturated carbocycles. The molecule has 3 heterocycles. The molecule has 1 aromatic heterocycles. The van der Waals surface area contributed by atoms with Crippen molar-refractivity contribution in [2.45, 2.75) is 20.4 Å². The number of rotatable bonds is 2. The van der Waals surface area contributed by atoms with Crippen LogP contribution in [0.4, 0.5) is 4.39 Å². The summed E-state index contributed by atoms with van der Waals surface area (Å²) in [6, 6.07) is 9.37. The number of morpholine rings is 1. The van der Waals surface area contributed by atoms with Crippen molar-refractivity contribution in [2.24, 2.45) is 0 Å². The van der Waals surface area contributed by atoms with Gasteiger partial charge in [-0.1, -0.05) is 19.9 Å². The maximum Gasteiger partial charge on any atom is 0.266 e. The molecule has 0 aliphatic carbocycles. The van der Waals surface area contributed by atoms with Crippen molar-refractivity contribution >= 4 is 16.7 Å². The van der Waals surface area contributed by atoms with E-state index in [9.17, 15) is 14.0 Å². The molecule has 0 bridgehead atoms. The Kier molecular flexibility index (Phi) is 5.25. The van der Waals surface area contributed by atoms with Gasteiger partial charge in [-0.3, -0.25) is 19.1 Å². The smallest absolute Gasteiger partial charge is 0.266 e. The van der Waals surface area contributed by atoms with Gasteiger partial charge in [-0.15, -0.1) is 0 Å². The summed E-state index contributed by atoms with van der Waals surface area (Å²) in [4.78, 5) is 32.3. The Bertz CT molecular complexity index is 1150. The molecule has 1 saturated heterocycles. The molecule has 2 aliphatic rings. The van der Waals surface area contributed by atoms with Crippen molar-refractivity contribution in [1.29, 1.82) is 0 Å². The van der Waals surface area contributed by atoms with Crippen molar-refractivity contribution in [3.05, 3.63) is 69.5 Å². The summed E-state index contributed by atoms with van der Waals surface area (Å²) in [5.74, 6) is -0.907. The molecule has 3 aromatic rings. The van der Waals surface area contributed by atoms with Crippen LogP contribution in [0.5, 0.6) is 0 Å². The first kappa shape index (κ1) is 19.4. The van der Waals surface area contributed by atoms with Crippen molar-refractivity contribution in [2.75, 3.05) is 26.3 Å². The molecule has 0 atom stereocenters. The van der Waals surface area contributed by atoms with E-state index >= 15 is 0 Å². The second-order valence-electron chi connectivity index (χ2n) is 6.81. The van der Waals surface area contributed by atoms with E-state index in [-0.39, 0.29) is 16.9 Å². The number of hydrogen-bond acceptors (Lipinski definition) is 5. The molecule has 5 rings (SSSR count). The number of carbonyl (C=O) groups excluding carboxylic acids is 1. The molecule has 2 aliphatic heterocycles. The maximum atomic E-state index is 13.5. The van der Waals surface area contributed by atoms with Crippen LogP contribution in [0.3, 0.4) is 0 Å². The van der Waals surface area contributed by atoms with Gasteiger partial charge in [-0.2, -0.15) is 0 Å². The van der Waals surface area contributed by atoms with Crippen molar-refractivity contribution < 1.29 is 13.9 Å². The number of nitrogens with zero attached hydrogens (tertiary/aromatic N) is 3. The van der Waals surface area contributed by atoms with Gasteiger partial charge >= 0.3 is 0 Å². The minimum absolute atomic E-state index is 0.0361. The van der Waals surface area contributed by atoms with Crippen molar-refractivity contribution in [3.63, 3.8) is 0 Å². The molecule has 7 heteroatoms. The van der Waals surface area contributed by atoms with Crippen LogP contribution in [-0.4, -0.2) is 46.5 Å². The molecular weight excluding hydrogens is 373 g/mol. The fraction of sp³-hybridized carbons (Fsp3) is 0.318. The van der Waals surface area contributed by atoms with E-state index in [1.807, 2.05) is 26.0 Å². The normalized spacial score (nSPS) is 15.6. The predicted octanol–water partition coefficient (Wildman–Crippen LogP) is 2.93. The van der Waals surface area contributed by atoms with Gasteiger partial charge in [0.2, 0.25) is 5.78 Å². The van der Waals surface area contributed by atoms with Gasteiger partial charge in [0, 0.05) is 19.6 Å². The number of fused-ring (bicyclic) bond motifs is 4. The number of hydrogen-bond donors (Lipinski definition) is 0. The highest BCUT2D eigenvalue weighted by Gasteiger charge is 2.30. The molecular formula is C22H22FN3O3. The summed E-state index contributed by atoms with van der Waals surface area (Å²) in [6.07, 6.45) is 0. The zero-order valence-corrected chi connectivity index (χ0v) is 16.4. The van der Waals surface area contributed by atoms with Crippen LogP contribution < -0.4 is 5.56 Å². The van der Waals surface area contributed by atoms with Crippen LogP contribution in [-0.2, 0) is 11.3 Å². The third kappa shape index (κ3) is 3.36. The predicted molar refractivity (Wildman–Crippen MR) is 108 cm³/mol. The van der Waals surface area contributed by atoms with Gasteiger partial charge in [-0.05, 0) is 35.9 Å². The number of ether oxygens (including phenoxy) is 1. The van der Waals surface area contributed by atoms with E-state index in [0.717, 1.165) is 31.3 Å². The van der Waals surface area contributed by atoms with Crippen LogP contribution in [0.15, 0.2) is 41.2 Å². The molecule has 6 nitrogen and oxygen atoms in total. The van der Waals surface area contributed by atoms with Crippen LogP contribution in [0.2, 0.25) is 0 Å². The Balaban J connectivity index is 0.000000994. The maximum absolute atomic E-state index is 13.5. The summed E-state index contributed by atoms with van der Waals surface area (Å²) < 4.78 is 20.2. The standard InChI is InChI=1S/C20H16FN3O3.C2H6/c21-13-2-4-17-15(10-13)18(25)19-22-16-3-1-12(9-14(16)20(26)24(17)19)11-23-5-7-27-8-6-23;1-2/h1-4,9-10H,5-8,11H2;1-2H3. The second-order valence-corrected chi connectivity index (χ2v) is 6.81. The number of aromatic nitrogens is 2. The van der Waals surface area contributed by atoms with E-state index in [1.54, 1.807) is 6.07 Å². The molecule has 0 N–H and O–H groups in total. The molecule has 0 unspecified atom stereocenters. The van der Waals surface area contributed by atoms with Crippen LogP contribution in [0, 0.1) is 5.82 Å². The average Bonchev–Trinajstić information content (AvgIpc) is 3.03. The molecule has 0 radical (unpaired) electrons. The highest BCUT2D eigenvalue weighted by Crippen LogP contribution is 2.27. The largest absolute Gasteiger partial charge is 0.379 e. The third-order valence-electron chi connectivity index (χ3n) is 5.09. The number of benzene rings is 2. The quantitative estimate of drug-likeness (QED) is 0.522. The molecule has 2 aromatic carbocycles. The third-order valence-corrected chi connectivity index (χ3v) is 5.09. The lowest BCUT2D eigenvalue weighted by Gasteiger charge is -2.26. The fourth-order valence-electron chi connectivity index (χ4n) is 3.73. The summed E-state index contributed by atoms with van der Waals surface area (Å²) in [7, 11) is 0. The first-order valence-electron chi connectivity index (χ1n) is 9.82. The van der Waals surface area contributed by atoms with E-state index in [0.29, 0.717) is 29.8 Å². The number of halogens is 1. The Hall–Kier alpha value is -2.90. The summed E-state index contributed by atoms with van der Waals surface area (Å²) >= 11 is 0. The topological polar surface area (TPSA) is 64.4 Å². The number of ketones is 1. The molecule has 150 valence electrons. The minimum atomic E-state index is -0.514. The Morgan fingerprint density at radius 1 is 1.07 bits per heavy atom. The van der Waals surface area contributed by atoms with E-state index in [1.165, 1.54) is 16.7 Å². The highest BCUT2D eigenvalue weighted by molar-refractivity contribution is 6.13. The lowest BCUT2D eigenvalue weighted by molar-refractivity contribution is 0.0342. The lowest BCUT2D eigenvalue weighted by atomic mass is 10.1. The van der Waals surface area contributed by atoms with Gasteiger partial charge in [-0.25, -0.2) is 9.37 Å². The van der Waals surface area contributed by atoms with Crippen molar-refractivity contribution in [1.82, 2.24) is 14.5 Å². The lowest BCUT2D eigenvalue weighted by Crippen LogP contribution is -2.35. The highest BCUT2D eigenvalue weighted by atomic mass is 19.1. The fourth-order valence-corrected chi connectivity index (χ4v) is 3.73. The molecule has 0 amide bonds. The SMILES string of the molecule is CC.O=C1c2cc(F)ccc2-n2c1nc1ccc(CN3CCOCC3)cc1c2=O. The van der Waals surface area contributed by atoms with Gasteiger partial charge in [0.05, 0.1) is 35.4 Å². The summed E-state index contributed by atoms with van der Waals surface area (Å²) in [6.45, 7) is 7.85. The van der Waals surface area contributed by atoms with E-state index < -0.39 is 11.6 Å². The Morgan fingerprint density at radius 2 is 1.83 bits per heavy atom. The van der Waals surface area contributed by atoms with Gasteiger partial charge < -0.3 is 4.74 Å². The van der Waals surface area contributed by atoms with Gasteiger partial charge in [0.1, 0.15) is 5.82 Å². The van der Waals surface area contributed by atoms with Gasteiger partial charge in [0.25, 0.3) is 5.56 Å².